The van der Waals surface area contributed by atoms with Gasteiger partial charge in [0, 0.05) is 5.38 Å². The summed E-state index contributed by atoms with van der Waals surface area (Å²) in [4.78, 5) is 0. The summed E-state index contributed by atoms with van der Waals surface area (Å²) in [5.41, 5.74) is 0.438. The molecule has 0 aromatic carbocycles. The van der Waals surface area contributed by atoms with Crippen molar-refractivity contribution in [2.75, 3.05) is 0 Å². The number of alkyl halides is 1. The molecule has 0 spiro atoms. The lowest BCUT2D eigenvalue weighted by Gasteiger charge is -2.25. The van der Waals surface area contributed by atoms with Crippen molar-refractivity contribution in [2.24, 2.45) is 5.41 Å². The Balaban J connectivity index is 3.45. The molecule has 14 heavy (non-hydrogen) atoms. The van der Waals surface area contributed by atoms with Crippen molar-refractivity contribution in [3.8, 4) is 0 Å². The number of halogens is 1. The molecule has 0 bridgehead atoms. The predicted molar refractivity (Wildman–Crippen MR) is 67.1 cm³/mol. The second-order valence-electron chi connectivity index (χ2n) is 5.31. The van der Waals surface area contributed by atoms with Crippen LogP contribution in [0.15, 0.2) is 0 Å². The largest absolute Gasteiger partial charge is 0.123 e. The van der Waals surface area contributed by atoms with Crippen LogP contribution in [0.5, 0.6) is 0 Å². The van der Waals surface area contributed by atoms with E-state index < -0.39 is 0 Å². The van der Waals surface area contributed by atoms with E-state index in [1.165, 1.54) is 38.5 Å². The van der Waals surface area contributed by atoms with Crippen molar-refractivity contribution < 1.29 is 0 Å². The predicted octanol–water partition coefficient (Wildman–Crippen LogP) is 5.39. The van der Waals surface area contributed by atoms with Crippen LogP contribution in [-0.4, -0.2) is 5.38 Å². The molecule has 0 rings (SSSR count). The summed E-state index contributed by atoms with van der Waals surface area (Å²) in [6.45, 7) is 9.04. The van der Waals surface area contributed by atoms with Crippen LogP contribution in [0.4, 0.5) is 0 Å². The number of hydrogen-bond acceptors (Lipinski definition) is 0. The van der Waals surface area contributed by atoms with Crippen molar-refractivity contribution in [1.82, 2.24) is 0 Å². The third-order valence-electron chi connectivity index (χ3n) is 2.79. The fraction of sp³-hybridized carbons (Fsp3) is 1.00. The monoisotopic (exact) mass is 218 g/mol. The standard InChI is InChI=1S/C13H27Cl/c1-5-6-7-8-9-10-13(3,4)11-12(2)14/h12H,5-11H2,1-4H3. The molecule has 0 amide bonds. The van der Waals surface area contributed by atoms with E-state index >= 15 is 0 Å². The van der Waals surface area contributed by atoms with Gasteiger partial charge >= 0.3 is 0 Å². The summed E-state index contributed by atoms with van der Waals surface area (Å²) in [6, 6.07) is 0. The van der Waals surface area contributed by atoms with Crippen LogP contribution in [0.1, 0.15) is 72.6 Å². The van der Waals surface area contributed by atoms with Crippen molar-refractivity contribution in [2.45, 2.75) is 78.0 Å². The van der Waals surface area contributed by atoms with Crippen LogP contribution < -0.4 is 0 Å². The zero-order valence-electron chi connectivity index (χ0n) is 10.4. The molecule has 0 saturated heterocycles. The lowest BCUT2D eigenvalue weighted by Crippen LogP contribution is -2.15. The molecule has 0 radical (unpaired) electrons. The van der Waals surface area contributed by atoms with Crippen LogP contribution >= 0.6 is 11.6 Å². The van der Waals surface area contributed by atoms with E-state index in [9.17, 15) is 0 Å². The molecule has 0 nitrogen and oxygen atoms in total. The summed E-state index contributed by atoms with van der Waals surface area (Å²) in [7, 11) is 0. The van der Waals surface area contributed by atoms with E-state index in [4.69, 9.17) is 11.6 Å². The molecule has 1 atom stereocenters. The molecule has 0 aromatic rings. The zero-order chi connectivity index (χ0) is 11.0. The summed E-state index contributed by atoms with van der Waals surface area (Å²) < 4.78 is 0. The first kappa shape index (κ1) is 14.3. The van der Waals surface area contributed by atoms with E-state index in [1.54, 1.807) is 0 Å². The Hall–Kier alpha value is 0.290. The molecule has 0 aliphatic heterocycles. The minimum Gasteiger partial charge on any atom is -0.123 e. The summed E-state index contributed by atoms with van der Waals surface area (Å²) >= 11 is 6.02. The molecule has 0 heterocycles. The second-order valence-corrected chi connectivity index (χ2v) is 6.06. The zero-order valence-corrected chi connectivity index (χ0v) is 11.2. The maximum absolute atomic E-state index is 6.02. The summed E-state index contributed by atoms with van der Waals surface area (Å²) in [6.07, 6.45) is 9.37. The highest BCUT2D eigenvalue weighted by molar-refractivity contribution is 6.20. The van der Waals surface area contributed by atoms with Gasteiger partial charge in [-0.25, -0.2) is 0 Å². The molecule has 1 unspecified atom stereocenters. The fourth-order valence-corrected chi connectivity index (χ4v) is 2.49. The maximum Gasteiger partial charge on any atom is 0.0312 e. The van der Waals surface area contributed by atoms with E-state index in [2.05, 4.69) is 27.7 Å². The summed E-state index contributed by atoms with van der Waals surface area (Å²) in [5, 5.41) is 0.320. The highest BCUT2D eigenvalue weighted by Crippen LogP contribution is 2.30. The lowest BCUT2D eigenvalue weighted by molar-refractivity contribution is 0.293. The average Bonchev–Trinajstić information content (AvgIpc) is 2.01. The minimum atomic E-state index is 0.320. The van der Waals surface area contributed by atoms with Crippen molar-refractivity contribution in [3.63, 3.8) is 0 Å². The van der Waals surface area contributed by atoms with Gasteiger partial charge in [0.05, 0.1) is 0 Å². The molecule has 0 N–H and O–H groups in total. The smallest absolute Gasteiger partial charge is 0.0312 e. The van der Waals surface area contributed by atoms with Gasteiger partial charge in [0.15, 0.2) is 0 Å². The van der Waals surface area contributed by atoms with Gasteiger partial charge in [-0.05, 0) is 25.2 Å². The summed E-state index contributed by atoms with van der Waals surface area (Å²) in [5.74, 6) is 0. The Morgan fingerprint density at radius 3 is 2.14 bits per heavy atom. The van der Waals surface area contributed by atoms with E-state index in [0.29, 0.717) is 10.8 Å². The van der Waals surface area contributed by atoms with E-state index in [1.807, 2.05) is 0 Å². The molecule has 86 valence electrons. The Morgan fingerprint density at radius 2 is 1.64 bits per heavy atom. The molecule has 0 aromatic heterocycles. The molecule has 0 fully saturated rings. The molecule has 0 aliphatic carbocycles. The van der Waals surface area contributed by atoms with Crippen LogP contribution in [0.2, 0.25) is 0 Å². The first-order valence-corrected chi connectivity index (χ1v) is 6.55. The highest BCUT2D eigenvalue weighted by Gasteiger charge is 2.19. The normalized spacial score (nSPS) is 14.4. The first-order chi connectivity index (χ1) is 6.48. The number of unbranched alkanes of at least 4 members (excludes halogenated alkanes) is 4. The van der Waals surface area contributed by atoms with Gasteiger partial charge in [-0.2, -0.15) is 0 Å². The number of rotatable bonds is 8. The van der Waals surface area contributed by atoms with Gasteiger partial charge in [0.25, 0.3) is 0 Å². The third kappa shape index (κ3) is 8.87. The van der Waals surface area contributed by atoms with Crippen molar-refractivity contribution in [3.05, 3.63) is 0 Å². The first-order valence-electron chi connectivity index (χ1n) is 6.12. The van der Waals surface area contributed by atoms with Crippen LogP contribution in [0.25, 0.3) is 0 Å². The van der Waals surface area contributed by atoms with Gasteiger partial charge in [0.1, 0.15) is 0 Å². The molecular weight excluding hydrogens is 192 g/mol. The van der Waals surface area contributed by atoms with Gasteiger partial charge in [-0.3, -0.25) is 0 Å². The van der Waals surface area contributed by atoms with Crippen LogP contribution in [0, 0.1) is 5.41 Å². The van der Waals surface area contributed by atoms with Gasteiger partial charge in [-0.1, -0.05) is 52.9 Å². The van der Waals surface area contributed by atoms with Crippen LogP contribution in [0.3, 0.4) is 0 Å². The van der Waals surface area contributed by atoms with Gasteiger partial charge < -0.3 is 0 Å². The topological polar surface area (TPSA) is 0 Å². The molecule has 0 aliphatic rings. The molecular formula is C13H27Cl. The maximum atomic E-state index is 6.02. The molecule has 0 saturated carbocycles. The van der Waals surface area contributed by atoms with Gasteiger partial charge in [-0.15, -0.1) is 11.6 Å². The van der Waals surface area contributed by atoms with E-state index in [0.717, 1.165) is 6.42 Å². The quantitative estimate of drug-likeness (QED) is 0.379. The molecule has 1 heteroatoms. The van der Waals surface area contributed by atoms with E-state index in [-0.39, 0.29) is 0 Å². The lowest BCUT2D eigenvalue weighted by atomic mass is 9.82. The second kappa shape index (κ2) is 7.56. The van der Waals surface area contributed by atoms with Crippen molar-refractivity contribution in [1.29, 1.82) is 0 Å². The average molecular weight is 219 g/mol. The number of hydrogen-bond donors (Lipinski definition) is 0. The highest BCUT2D eigenvalue weighted by atomic mass is 35.5. The third-order valence-corrected chi connectivity index (χ3v) is 2.95. The fourth-order valence-electron chi connectivity index (χ4n) is 2.07. The SMILES string of the molecule is CCCCCCCC(C)(C)CC(C)Cl. The minimum absolute atomic E-state index is 0.320. The Bertz CT molecular complexity index is 127. The van der Waals surface area contributed by atoms with Crippen molar-refractivity contribution >= 4 is 11.6 Å². The van der Waals surface area contributed by atoms with Gasteiger partial charge in [0.2, 0.25) is 0 Å². The Labute approximate surface area is 95.4 Å². The van der Waals surface area contributed by atoms with Crippen LogP contribution in [-0.2, 0) is 0 Å². The Morgan fingerprint density at radius 1 is 1.07 bits per heavy atom. The Kier molecular flexibility index (Phi) is 7.72.